The Morgan fingerprint density at radius 1 is 1.09 bits per heavy atom. The first-order chi connectivity index (χ1) is 10.8. The van der Waals surface area contributed by atoms with Gasteiger partial charge in [-0.2, -0.15) is 0 Å². The highest BCUT2D eigenvalue weighted by atomic mass is 16.6. The Kier molecular flexibility index (Phi) is 4.28. The molecule has 0 atom stereocenters. The quantitative estimate of drug-likeness (QED) is 0.850. The second kappa shape index (κ2) is 6.52. The molecule has 4 nitrogen and oxygen atoms in total. The fraction of sp³-hybridized carbons (Fsp3) is 0.278. The van der Waals surface area contributed by atoms with Crippen molar-refractivity contribution in [1.82, 2.24) is 5.32 Å². The number of amides is 1. The van der Waals surface area contributed by atoms with E-state index in [1.54, 1.807) is 0 Å². The lowest BCUT2D eigenvalue weighted by atomic mass is 9.97. The first-order valence-electron chi connectivity index (χ1n) is 7.59. The van der Waals surface area contributed by atoms with Gasteiger partial charge in [-0.15, -0.1) is 0 Å². The van der Waals surface area contributed by atoms with Crippen LogP contribution in [0.1, 0.15) is 37.0 Å². The number of hydrogen-bond acceptors (Lipinski definition) is 3. The van der Waals surface area contributed by atoms with Crippen LogP contribution in [0, 0.1) is 0 Å². The molecule has 114 valence electrons. The van der Waals surface area contributed by atoms with Gasteiger partial charge in [0, 0.05) is 17.7 Å². The lowest BCUT2D eigenvalue weighted by molar-refractivity contribution is 0.111. The van der Waals surface area contributed by atoms with Gasteiger partial charge in [0.25, 0.3) is 0 Å². The summed E-state index contributed by atoms with van der Waals surface area (Å²) in [6.07, 6.45) is 1.13. The molecule has 1 heterocycles. The van der Waals surface area contributed by atoms with Crippen LogP contribution in [0.25, 0.3) is 0 Å². The number of ether oxygens (including phenoxy) is 2. The number of nitrogens with one attached hydrogen (secondary N) is 1. The van der Waals surface area contributed by atoms with E-state index in [-0.39, 0.29) is 0 Å². The lowest BCUT2D eigenvalue weighted by Gasteiger charge is -2.27. The maximum Gasteiger partial charge on any atom is 0.408 e. The van der Waals surface area contributed by atoms with Gasteiger partial charge in [-0.1, -0.05) is 49.7 Å². The fourth-order valence-electron chi connectivity index (χ4n) is 2.51. The van der Waals surface area contributed by atoms with Crippen LogP contribution in [-0.2, 0) is 4.74 Å². The van der Waals surface area contributed by atoms with Crippen LogP contribution in [0.5, 0.6) is 11.5 Å². The van der Waals surface area contributed by atoms with Crippen molar-refractivity contribution in [2.45, 2.75) is 25.9 Å². The predicted molar refractivity (Wildman–Crippen MR) is 84.2 cm³/mol. The molecule has 0 bridgehead atoms. The van der Waals surface area contributed by atoms with Crippen molar-refractivity contribution >= 4 is 6.09 Å². The van der Waals surface area contributed by atoms with E-state index in [0.717, 1.165) is 35.5 Å². The molecular formula is C18H19NO3. The number of rotatable bonds is 4. The molecule has 0 unspecified atom stereocenters. The van der Waals surface area contributed by atoms with Crippen molar-refractivity contribution in [1.29, 1.82) is 0 Å². The van der Waals surface area contributed by atoms with Crippen LogP contribution >= 0.6 is 0 Å². The topological polar surface area (TPSA) is 47.6 Å². The van der Waals surface area contributed by atoms with Gasteiger partial charge in [-0.3, -0.25) is 0 Å². The third kappa shape index (κ3) is 2.91. The standard InChI is InChI=1S/C18H19NO3/c1-2-3-12-19-18(20)22-17-13-8-4-6-10-15(13)21-16-11-7-5-9-14(16)17/h4-11,17H,2-3,12H2,1H3,(H,19,20). The zero-order valence-electron chi connectivity index (χ0n) is 12.5. The van der Waals surface area contributed by atoms with E-state index in [1.807, 2.05) is 48.5 Å². The highest BCUT2D eigenvalue weighted by molar-refractivity contribution is 5.69. The van der Waals surface area contributed by atoms with Gasteiger partial charge in [-0.05, 0) is 18.6 Å². The average molecular weight is 297 g/mol. The number of unbranched alkanes of at least 4 members (excludes halogenated alkanes) is 1. The summed E-state index contributed by atoms with van der Waals surface area (Å²) in [7, 11) is 0. The fourth-order valence-corrected chi connectivity index (χ4v) is 2.51. The van der Waals surface area contributed by atoms with Gasteiger partial charge in [0.15, 0.2) is 6.10 Å². The summed E-state index contributed by atoms with van der Waals surface area (Å²) in [6, 6.07) is 15.3. The Labute approximate surface area is 130 Å². The number of benzene rings is 2. The van der Waals surface area contributed by atoms with Crippen molar-refractivity contribution in [3.63, 3.8) is 0 Å². The van der Waals surface area contributed by atoms with Crippen molar-refractivity contribution in [2.24, 2.45) is 0 Å². The van der Waals surface area contributed by atoms with Gasteiger partial charge < -0.3 is 14.8 Å². The van der Waals surface area contributed by atoms with Crippen LogP contribution in [0.15, 0.2) is 48.5 Å². The van der Waals surface area contributed by atoms with Gasteiger partial charge in [0.05, 0.1) is 0 Å². The third-order valence-corrected chi connectivity index (χ3v) is 3.65. The number of alkyl carbamates (subject to hydrolysis) is 1. The van der Waals surface area contributed by atoms with E-state index >= 15 is 0 Å². The van der Waals surface area contributed by atoms with Crippen LogP contribution in [0.4, 0.5) is 4.79 Å². The molecule has 0 aliphatic carbocycles. The van der Waals surface area contributed by atoms with Gasteiger partial charge in [0.2, 0.25) is 0 Å². The van der Waals surface area contributed by atoms with Gasteiger partial charge in [0.1, 0.15) is 11.5 Å². The SMILES string of the molecule is CCCCNC(=O)OC1c2ccccc2Oc2ccccc21. The van der Waals surface area contributed by atoms with Crippen LogP contribution in [0.2, 0.25) is 0 Å². The van der Waals surface area contributed by atoms with E-state index in [0.29, 0.717) is 6.54 Å². The maximum atomic E-state index is 12.0. The zero-order valence-corrected chi connectivity index (χ0v) is 12.5. The molecule has 2 aromatic rings. The summed E-state index contributed by atoms with van der Waals surface area (Å²) < 4.78 is 11.5. The molecule has 1 aliphatic rings. The monoisotopic (exact) mass is 297 g/mol. The second-order valence-corrected chi connectivity index (χ2v) is 5.24. The summed E-state index contributed by atoms with van der Waals surface area (Å²) in [5.41, 5.74) is 1.73. The molecule has 0 aromatic heterocycles. The molecule has 3 rings (SSSR count). The Balaban J connectivity index is 1.85. The average Bonchev–Trinajstić information content (AvgIpc) is 2.55. The van der Waals surface area contributed by atoms with Crippen LogP contribution in [0.3, 0.4) is 0 Å². The number of carbonyl (C=O) groups is 1. The molecule has 1 aliphatic heterocycles. The highest BCUT2D eigenvalue weighted by Crippen LogP contribution is 2.44. The first kappa shape index (κ1) is 14.4. The number of para-hydroxylation sites is 2. The normalized spacial score (nSPS) is 12.8. The minimum atomic E-state index is -0.442. The van der Waals surface area contributed by atoms with Crippen LogP contribution in [-0.4, -0.2) is 12.6 Å². The van der Waals surface area contributed by atoms with Crippen molar-refractivity contribution in [3.8, 4) is 11.5 Å². The molecular weight excluding hydrogens is 278 g/mol. The summed E-state index contributed by atoms with van der Waals surface area (Å²) in [4.78, 5) is 12.0. The molecule has 1 N–H and O–H groups in total. The molecule has 4 heteroatoms. The van der Waals surface area contributed by atoms with Crippen molar-refractivity contribution < 1.29 is 14.3 Å². The summed E-state index contributed by atoms with van der Waals surface area (Å²) in [5, 5.41) is 2.79. The van der Waals surface area contributed by atoms with Gasteiger partial charge >= 0.3 is 6.09 Å². The molecule has 22 heavy (non-hydrogen) atoms. The Bertz CT molecular complexity index is 623. The second-order valence-electron chi connectivity index (χ2n) is 5.24. The third-order valence-electron chi connectivity index (χ3n) is 3.65. The molecule has 0 fully saturated rings. The minimum absolute atomic E-state index is 0.398. The van der Waals surface area contributed by atoms with E-state index in [2.05, 4.69) is 12.2 Å². The zero-order chi connectivity index (χ0) is 15.4. The lowest BCUT2D eigenvalue weighted by Crippen LogP contribution is -2.28. The molecule has 1 amide bonds. The number of fused-ring (bicyclic) bond motifs is 2. The number of hydrogen-bond donors (Lipinski definition) is 1. The first-order valence-corrected chi connectivity index (χ1v) is 7.59. The molecule has 0 saturated carbocycles. The van der Waals surface area contributed by atoms with Crippen molar-refractivity contribution in [2.75, 3.05) is 6.54 Å². The maximum absolute atomic E-state index is 12.0. The van der Waals surface area contributed by atoms with Gasteiger partial charge in [-0.25, -0.2) is 4.79 Å². The Hall–Kier alpha value is -2.49. The minimum Gasteiger partial charge on any atom is -0.456 e. The van der Waals surface area contributed by atoms with Crippen LogP contribution < -0.4 is 10.1 Å². The number of carbonyl (C=O) groups excluding carboxylic acids is 1. The summed E-state index contributed by atoms with van der Waals surface area (Å²) in [5.74, 6) is 1.46. The van der Waals surface area contributed by atoms with E-state index in [1.165, 1.54) is 0 Å². The predicted octanol–water partition coefficient (Wildman–Crippen LogP) is 4.41. The molecule has 0 spiro atoms. The van der Waals surface area contributed by atoms with E-state index in [4.69, 9.17) is 9.47 Å². The Morgan fingerprint density at radius 2 is 1.68 bits per heavy atom. The molecule has 0 saturated heterocycles. The molecule has 0 radical (unpaired) electrons. The highest BCUT2D eigenvalue weighted by Gasteiger charge is 2.29. The summed E-state index contributed by atoms with van der Waals surface area (Å²) in [6.45, 7) is 2.71. The Morgan fingerprint density at radius 3 is 2.27 bits per heavy atom. The van der Waals surface area contributed by atoms with E-state index in [9.17, 15) is 4.79 Å². The molecule has 2 aromatic carbocycles. The summed E-state index contributed by atoms with van der Waals surface area (Å²) >= 11 is 0. The smallest absolute Gasteiger partial charge is 0.408 e. The van der Waals surface area contributed by atoms with Crippen molar-refractivity contribution in [3.05, 3.63) is 59.7 Å². The largest absolute Gasteiger partial charge is 0.456 e. The van der Waals surface area contributed by atoms with E-state index < -0.39 is 12.2 Å².